The number of hydrogen-bond donors (Lipinski definition) is 0. The predicted octanol–water partition coefficient (Wildman–Crippen LogP) is 4.62. The Bertz CT molecular complexity index is 377. The summed E-state index contributed by atoms with van der Waals surface area (Å²) in [4.78, 5) is 0. The van der Waals surface area contributed by atoms with Gasteiger partial charge >= 0.3 is 0 Å². The van der Waals surface area contributed by atoms with Crippen LogP contribution in [0.15, 0.2) is 51.8 Å². The Morgan fingerprint density at radius 1 is 0.933 bits per heavy atom. The fraction of sp³-hybridized carbons (Fsp3) is 0.385. The molecule has 1 aliphatic rings. The Balaban J connectivity index is 2.11. The molecule has 0 bridgehead atoms. The molecule has 0 N–H and O–H groups in total. The SMILES string of the molecule is CC1=C(N=Nc2ccccc2)CCCC1. The van der Waals surface area contributed by atoms with Crippen molar-refractivity contribution in [3.8, 4) is 0 Å². The molecule has 0 unspecified atom stereocenters. The van der Waals surface area contributed by atoms with Gasteiger partial charge in [0.05, 0.1) is 11.4 Å². The second kappa shape index (κ2) is 4.87. The number of hydrogen-bond acceptors (Lipinski definition) is 2. The van der Waals surface area contributed by atoms with Gasteiger partial charge in [0.15, 0.2) is 0 Å². The Hall–Kier alpha value is -1.44. The minimum atomic E-state index is 0.934. The quantitative estimate of drug-likeness (QED) is 0.622. The summed E-state index contributed by atoms with van der Waals surface area (Å²) in [5.41, 5.74) is 3.52. The highest BCUT2D eigenvalue weighted by molar-refractivity contribution is 5.35. The molecule has 0 heterocycles. The summed E-state index contributed by atoms with van der Waals surface area (Å²) in [6.45, 7) is 2.17. The highest BCUT2D eigenvalue weighted by atomic mass is 15.1. The van der Waals surface area contributed by atoms with Gasteiger partial charge in [-0.2, -0.15) is 10.2 Å². The summed E-state index contributed by atoms with van der Waals surface area (Å²) >= 11 is 0. The van der Waals surface area contributed by atoms with Crippen molar-refractivity contribution in [2.45, 2.75) is 32.6 Å². The zero-order chi connectivity index (χ0) is 10.5. The zero-order valence-corrected chi connectivity index (χ0v) is 9.11. The predicted molar refractivity (Wildman–Crippen MR) is 62.1 cm³/mol. The molecule has 0 atom stereocenters. The summed E-state index contributed by atoms with van der Waals surface area (Å²) in [7, 11) is 0. The maximum Gasteiger partial charge on any atom is 0.0856 e. The molecular formula is C13H16N2. The standard InChI is InChI=1S/C13H16N2/c1-11-7-5-6-10-13(11)15-14-12-8-3-2-4-9-12/h2-4,8-9H,5-7,10H2,1H3. The molecule has 0 spiro atoms. The lowest BCUT2D eigenvalue weighted by molar-refractivity contribution is 0.660. The van der Waals surface area contributed by atoms with Gasteiger partial charge in [0, 0.05) is 0 Å². The first kappa shape index (κ1) is 10.1. The van der Waals surface area contributed by atoms with Crippen molar-refractivity contribution in [2.24, 2.45) is 10.2 Å². The second-order valence-corrected chi connectivity index (χ2v) is 3.97. The monoisotopic (exact) mass is 200 g/mol. The zero-order valence-electron chi connectivity index (χ0n) is 9.11. The summed E-state index contributed by atoms with van der Waals surface area (Å²) in [6, 6.07) is 9.90. The molecule has 0 saturated heterocycles. The van der Waals surface area contributed by atoms with Crippen LogP contribution in [0.2, 0.25) is 0 Å². The van der Waals surface area contributed by atoms with E-state index in [0.29, 0.717) is 0 Å². The molecule has 1 aromatic rings. The third-order valence-corrected chi connectivity index (χ3v) is 2.75. The van der Waals surface area contributed by atoms with Gasteiger partial charge in [-0.05, 0) is 50.3 Å². The van der Waals surface area contributed by atoms with Crippen LogP contribution in [0, 0.1) is 0 Å². The van der Waals surface area contributed by atoms with Crippen LogP contribution >= 0.6 is 0 Å². The van der Waals surface area contributed by atoms with E-state index in [-0.39, 0.29) is 0 Å². The lowest BCUT2D eigenvalue weighted by Gasteiger charge is -2.12. The Morgan fingerprint density at radius 3 is 2.40 bits per heavy atom. The van der Waals surface area contributed by atoms with Crippen LogP contribution < -0.4 is 0 Å². The van der Waals surface area contributed by atoms with Crippen molar-refractivity contribution in [1.29, 1.82) is 0 Å². The maximum atomic E-state index is 4.34. The number of allylic oxidation sites excluding steroid dienone is 2. The van der Waals surface area contributed by atoms with E-state index in [1.807, 2.05) is 30.3 Å². The third-order valence-electron chi connectivity index (χ3n) is 2.75. The lowest BCUT2D eigenvalue weighted by atomic mass is 9.98. The fourth-order valence-electron chi connectivity index (χ4n) is 1.79. The van der Waals surface area contributed by atoms with E-state index < -0.39 is 0 Å². The molecule has 0 fully saturated rings. The van der Waals surface area contributed by atoms with Gasteiger partial charge in [0.1, 0.15) is 0 Å². The van der Waals surface area contributed by atoms with Crippen molar-refractivity contribution in [2.75, 3.05) is 0 Å². The smallest absolute Gasteiger partial charge is 0.0856 e. The summed E-state index contributed by atoms with van der Waals surface area (Å²) in [5, 5.41) is 8.59. The van der Waals surface area contributed by atoms with Crippen molar-refractivity contribution < 1.29 is 0 Å². The average molecular weight is 200 g/mol. The number of benzene rings is 1. The first-order chi connectivity index (χ1) is 7.36. The van der Waals surface area contributed by atoms with Crippen molar-refractivity contribution >= 4 is 5.69 Å². The van der Waals surface area contributed by atoms with E-state index in [1.165, 1.54) is 30.5 Å². The Labute approximate surface area is 90.7 Å². The third kappa shape index (κ3) is 2.75. The Kier molecular flexibility index (Phi) is 3.28. The average Bonchev–Trinajstić information content (AvgIpc) is 2.29. The largest absolute Gasteiger partial charge is 0.155 e. The minimum Gasteiger partial charge on any atom is -0.155 e. The molecule has 1 aromatic carbocycles. The topological polar surface area (TPSA) is 24.7 Å². The highest BCUT2D eigenvalue weighted by Gasteiger charge is 2.07. The van der Waals surface area contributed by atoms with E-state index in [2.05, 4.69) is 17.2 Å². The first-order valence-electron chi connectivity index (χ1n) is 5.52. The van der Waals surface area contributed by atoms with Gasteiger partial charge in [0.25, 0.3) is 0 Å². The molecular weight excluding hydrogens is 184 g/mol. The highest BCUT2D eigenvalue weighted by Crippen LogP contribution is 2.26. The minimum absolute atomic E-state index is 0.934. The van der Waals surface area contributed by atoms with E-state index in [4.69, 9.17) is 0 Å². The molecule has 2 heteroatoms. The molecule has 0 saturated carbocycles. The normalized spacial score (nSPS) is 17.4. The molecule has 0 radical (unpaired) electrons. The van der Waals surface area contributed by atoms with Gasteiger partial charge in [-0.15, -0.1) is 0 Å². The van der Waals surface area contributed by atoms with Crippen LogP contribution in [0.5, 0.6) is 0 Å². The molecule has 0 amide bonds. The van der Waals surface area contributed by atoms with Crippen LogP contribution in [0.1, 0.15) is 32.6 Å². The van der Waals surface area contributed by atoms with Gasteiger partial charge in [-0.25, -0.2) is 0 Å². The molecule has 1 aliphatic carbocycles. The molecule has 2 rings (SSSR count). The van der Waals surface area contributed by atoms with E-state index >= 15 is 0 Å². The molecule has 0 aromatic heterocycles. The molecule has 2 nitrogen and oxygen atoms in total. The van der Waals surface area contributed by atoms with E-state index in [9.17, 15) is 0 Å². The summed E-state index contributed by atoms with van der Waals surface area (Å²) in [5.74, 6) is 0. The lowest BCUT2D eigenvalue weighted by Crippen LogP contribution is -1.94. The van der Waals surface area contributed by atoms with Gasteiger partial charge in [0.2, 0.25) is 0 Å². The Morgan fingerprint density at radius 2 is 1.67 bits per heavy atom. The van der Waals surface area contributed by atoms with E-state index in [0.717, 1.165) is 12.1 Å². The molecule has 15 heavy (non-hydrogen) atoms. The number of nitrogens with zero attached hydrogens (tertiary/aromatic N) is 2. The van der Waals surface area contributed by atoms with Gasteiger partial charge in [-0.3, -0.25) is 0 Å². The maximum absolute atomic E-state index is 4.34. The van der Waals surface area contributed by atoms with E-state index in [1.54, 1.807) is 0 Å². The van der Waals surface area contributed by atoms with Crippen LogP contribution in [-0.4, -0.2) is 0 Å². The fourth-order valence-corrected chi connectivity index (χ4v) is 1.79. The van der Waals surface area contributed by atoms with Crippen molar-refractivity contribution in [1.82, 2.24) is 0 Å². The number of rotatable bonds is 2. The summed E-state index contributed by atoms with van der Waals surface area (Å²) in [6.07, 6.45) is 4.82. The number of azo groups is 1. The van der Waals surface area contributed by atoms with Crippen LogP contribution in [0.4, 0.5) is 5.69 Å². The first-order valence-corrected chi connectivity index (χ1v) is 5.52. The molecule has 78 valence electrons. The van der Waals surface area contributed by atoms with Crippen LogP contribution in [-0.2, 0) is 0 Å². The van der Waals surface area contributed by atoms with Crippen LogP contribution in [0.25, 0.3) is 0 Å². The van der Waals surface area contributed by atoms with Crippen molar-refractivity contribution in [3.63, 3.8) is 0 Å². The molecule has 0 aliphatic heterocycles. The van der Waals surface area contributed by atoms with Gasteiger partial charge < -0.3 is 0 Å². The van der Waals surface area contributed by atoms with Gasteiger partial charge in [-0.1, -0.05) is 18.2 Å². The van der Waals surface area contributed by atoms with Crippen molar-refractivity contribution in [3.05, 3.63) is 41.6 Å². The summed E-state index contributed by atoms with van der Waals surface area (Å²) < 4.78 is 0. The second-order valence-electron chi connectivity index (χ2n) is 3.97. The van der Waals surface area contributed by atoms with Crippen LogP contribution in [0.3, 0.4) is 0 Å².